The lowest BCUT2D eigenvalue weighted by atomic mass is 10.3. The van der Waals surface area contributed by atoms with E-state index in [9.17, 15) is 14.9 Å². The molecule has 0 spiro atoms. The lowest BCUT2D eigenvalue weighted by molar-refractivity contribution is -0.390. The van der Waals surface area contributed by atoms with E-state index in [1.54, 1.807) is 0 Å². The SMILES string of the molecule is O=C(COc1cccnc1[N+](=O)[O-])Nc1cc(Cl)cc(Cl)c1. The molecular weight excluding hydrogens is 333 g/mol. The lowest BCUT2D eigenvalue weighted by Gasteiger charge is -2.08. The number of hydrogen-bond donors (Lipinski definition) is 1. The molecule has 0 unspecified atom stereocenters. The summed E-state index contributed by atoms with van der Waals surface area (Å²) < 4.78 is 5.11. The molecule has 0 atom stereocenters. The average Bonchev–Trinajstić information content (AvgIpc) is 2.44. The fourth-order valence-electron chi connectivity index (χ4n) is 1.60. The van der Waals surface area contributed by atoms with Crippen LogP contribution in [0.15, 0.2) is 36.5 Å². The third-order valence-electron chi connectivity index (χ3n) is 2.43. The minimum atomic E-state index is -0.690. The van der Waals surface area contributed by atoms with E-state index in [0.717, 1.165) is 0 Å². The zero-order valence-electron chi connectivity index (χ0n) is 11.0. The Hall–Kier alpha value is -2.38. The van der Waals surface area contributed by atoms with E-state index in [1.165, 1.54) is 36.5 Å². The summed E-state index contributed by atoms with van der Waals surface area (Å²) in [6.45, 7) is -0.420. The molecule has 7 nitrogen and oxygen atoms in total. The predicted molar refractivity (Wildman–Crippen MR) is 81.5 cm³/mol. The normalized spacial score (nSPS) is 10.1. The highest BCUT2D eigenvalue weighted by atomic mass is 35.5. The fraction of sp³-hybridized carbons (Fsp3) is 0.0769. The minimum Gasteiger partial charge on any atom is -0.476 e. The second-order valence-electron chi connectivity index (χ2n) is 4.08. The third kappa shape index (κ3) is 4.31. The van der Waals surface area contributed by atoms with E-state index in [0.29, 0.717) is 15.7 Å². The molecule has 1 heterocycles. The predicted octanol–water partition coefficient (Wildman–Crippen LogP) is 3.31. The van der Waals surface area contributed by atoms with E-state index >= 15 is 0 Å². The molecule has 2 aromatic rings. The van der Waals surface area contributed by atoms with Gasteiger partial charge in [0.15, 0.2) is 6.61 Å². The quantitative estimate of drug-likeness (QED) is 0.664. The van der Waals surface area contributed by atoms with Crippen LogP contribution >= 0.6 is 23.2 Å². The lowest BCUT2D eigenvalue weighted by Crippen LogP contribution is -2.20. The highest BCUT2D eigenvalue weighted by Gasteiger charge is 2.16. The molecule has 0 fully saturated rings. The number of hydrogen-bond acceptors (Lipinski definition) is 5. The van der Waals surface area contributed by atoms with Crippen molar-refractivity contribution in [1.29, 1.82) is 0 Å². The van der Waals surface area contributed by atoms with E-state index in [1.807, 2.05) is 0 Å². The van der Waals surface area contributed by atoms with Gasteiger partial charge in [-0.05, 0) is 40.2 Å². The summed E-state index contributed by atoms with van der Waals surface area (Å²) in [4.78, 5) is 25.4. The summed E-state index contributed by atoms with van der Waals surface area (Å²) in [5, 5.41) is 14.0. The first-order valence-corrected chi connectivity index (χ1v) is 6.69. The van der Waals surface area contributed by atoms with Gasteiger partial charge in [-0.25, -0.2) is 0 Å². The smallest absolute Gasteiger partial charge is 0.406 e. The van der Waals surface area contributed by atoms with E-state index < -0.39 is 23.3 Å². The van der Waals surface area contributed by atoms with Crippen molar-refractivity contribution in [2.45, 2.75) is 0 Å². The first kappa shape index (κ1) is 16.0. The van der Waals surface area contributed by atoms with Crippen LogP contribution in [0.2, 0.25) is 10.0 Å². The molecule has 1 amide bonds. The molecule has 0 bridgehead atoms. The standard InChI is InChI=1S/C13H9Cl2N3O4/c14-8-4-9(15)6-10(5-8)17-12(19)7-22-11-2-1-3-16-13(11)18(20)21/h1-6H,7H2,(H,17,19). The number of nitrogens with zero attached hydrogens (tertiary/aromatic N) is 2. The second-order valence-corrected chi connectivity index (χ2v) is 4.95. The van der Waals surface area contributed by atoms with Crippen LogP contribution in [-0.2, 0) is 4.79 Å². The Morgan fingerprint density at radius 1 is 1.32 bits per heavy atom. The summed E-state index contributed by atoms with van der Waals surface area (Å²) >= 11 is 11.6. The molecule has 0 aliphatic rings. The Morgan fingerprint density at radius 3 is 2.64 bits per heavy atom. The van der Waals surface area contributed by atoms with Crippen molar-refractivity contribution in [2.75, 3.05) is 11.9 Å². The highest BCUT2D eigenvalue weighted by Crippen LogP contribution is 2.24. The molecule has 1 aromatic heterocycles. The van der Waals surface area contributed by atoms with Crippen LogP contribution in [0.3, 0.4) is 0 Å². The van der Waals surface area contributed by atoms with Gasteiger partial charge in [-0.1, -0.05) is 23.2 Å². The Morgan fingerprint density at radius 2 is 2.00 bits per heavy atom. The van der Waals surface area contributed by atoms with Crippen molar-refractivity contribution in [3.05, 3.63) is 56.7 Å². The van der Waals surface area contributed by atoms with Gasteiger partial charge in [-0.15, -0.1) is 0 Å². The molecule has 22 heavy (non-hydrogen) atoms. The van der Waals surface area contributed by atoms with Crippen LogP contribution in [0, 0.1) is 10.1 Å². The topological polar surface area (TPSA) is 94.4 Å². The molecule has 0 saturated carbocycles. The fourth-order valence-corrected chi connectivity index (χ4v) is 2.12. The number of nitrogens with one attached hydrogen (secondary N) is 1. The number of ether oxygens (including phenoxy) is 1. The molecule has 0 aliphatic heterocycles. The molecule has 2 rings (SSSR count). The van der Waals surface area contributed by atoms with Crippen molar-refractivity contribution in [3.8, 4) is 5.75 Å². The molecule has 114 valence electrons. The summed E-state index contributed by atoms with van der Waals surface area (Å²) in [6.07, 6.45) is 1.26. The maximum atomic E-state index is 11.8. The zero-order chi connectivity index (χ0) is 16.1. The zero-order valence-corrected chi connectivity index (χ0v) is 12.5. The first-order valence-electron chi connectivity index (χ1n) is 5.94. The monoisotopic (exact) mass is 341 g/mol. The molecule has 0 radical (unpaired) electrons. The van der Waals surface area contributed by atoms with E-state index in [-0.39, 0.29) is 5.75 Å². The summed E-state index contributed by atoms with van der Waals surface area (Å²) in [6, 6.07) is 7.37. The molecule has 0 saturated heterocycles. The van der Waals surface area contributed by atoms with Gasteiger partial charge in [0.05, 0.1) is 0 Å². The Labute approximate surface area is 135 Å². The third-order valence-corrected chi connectivity index (χ3v) is 2.87. The molecule has 0 aliphatic carbocycles. The van der Waals surface area contributed by atoms with Gasteiger partial charge in [0.2, 0.25) is 5.75 Å². The van der Waals surface area contributed by atoms with Crippen LogP contribution < -0.4 is 10.1 Å². The van der Waals surface area contributed by atoms with Crippen molar-refractivity contribution >= 4 is 40.6 Å². The van der Waals surface area contributed by atoms with Crippen molar-refractivity contribution in [3.63, 3.8) is 0 Å². The van der Waals surface area contributed by atoms with Gasteiger partial charge in [-0.3, -0.25) is 4.79 Å². The number of halogens is 2. The van der Waals surface area contributed by atoms with Crippen LogP contribution in [0.1, 0.15) is 0 Å². The Kier molecular flexibility index (Phi) is 5.13. The highest BCUT2D eigenvalue weighted by molar-refractivity contribution is 6.35. The van der Waals surface area contributed by atoms with Crippen molar-refractivity contribution in [1.82, 2.24) is 4.98 Å². The van der Waals surface area contributed by atoms with Crippen molar-refractivity contribution < 1.29 is 14.5 Å². The van der Waals surface area contributed by atoms with Crippen molar-refractivity contribution in [2.24, 2.45) is 0 Å². The number of benzene rings is 1. The molecular formula is C13H9Cl2N3O4. The number of aromatic nitrogens is 1. The van der Waals surface area contributed by atoms with Crippen LogP contribution in [0.5, 0.6) is 5.75 Å². The average molecular weight is 342 g/mol. The second kappa shape index (κ2) is 7.06. The summed E-state index contributed by atoms with van der Waals surface area (Å²) in [7, 11) is 0. The number of amides is 1. The molecule has 1 N–H and O–H groups in total. The number of carbonyl (C=O) groups is 1. The maximum absolute atomic E-state index is 11.8. The number of pyridine rings is 1. The van der Waals surface area contributed by atoms with Gasteiger partial charge < -0.3 is 20.2 Å². The van der Waals surface area contributed by atoms with Gasteiger partial charge in [0.25, 0.3) is 5.91 Å². The first-order chi connectivity index (χ1) is 10.5. The summed E-state index contributed by atoms with van der Waals surface area (Å²) in [5.41, 5.74) is 0.395. The van der Waals surface area contributed by atoms with Gasteiger partial charge >= 0.3 is 5.82 Å². The summed E-state index contributed by atoms with van der Waals surface area (Å²) in [5.74, 6) is -1.07. The Balaban J connectivity index is 2.00. The van der Waals surface area contributed by atoms with E-state index in [2.05, 4.69) is 10.3 Å². The largest absolute Gasteiger partial charge is 0.476 e. The number of rotatable bonds is 5. The minimum absolute atomic E-state index is 0.0909. The Bertz CT molecular complexity index is 704. The number of anilines is 1. The van der Waals surface area contributed by atoms with Crippen LogP contribution in [-0.4, -0.2) is 22.4 Å². The maximum Gasteiger partial charge on any atom is 0.406 e. The van der Waals surface area contributed by atoms with Gasteiger partial charge in [-0.2, -0.15) is 0 Å². The van der Waals surface area contributed by atoms with Crippen LogP contribution in [0.4, 0.5) is 11.5 Å². The van der Waals surface area contributed by atoms with E-state index in [4.69, 9.17) is 27.9 Å². The molecule has 9 heteroatoms. The van der Waals surface area contributed by atoms with Crippen LogP contribution in [0.25, 0.3) is 0 Å². The number of carbonyl (C=O) groups excluding carboxylic acids is 1. The van der Waals surface area contributed by atoms with Gasteiger partial charge in [0, 0.05) is 15.7 Å². The molecule has 1 aromatic carbocycles. The number of nitro groups is 1. The van der Waals surface area contributed by atoms with Gasteiger partial charge in [0.1, 0.15) is 6.20 Å².